The van der Waals surface area contributed by atoms with E-state index in [0.717, 1.165) is 25.2 Å². The van der Waals surface area contributed by atoms with Crippen LogP contribution in [0.1, 0.15) is 36.9 Å². The summed E-state index contributed by atoms with van der Waals surface area (Å²) in [5.41, 5.74) is -1.93. The maximum absolute atomic E-state index is 13.3. The molecule has 0 aromatic carbocycles. The standard InChI is InChI=1S/C19H19F3N6O3/c20-19(21,22)13-10-24-16(25-11-13)28-7-5-27(6-8-28)15(29)18(3-1-2-4-18)31-17-26-14(9-23)12-30-17/h10-12H,1-8H2. The topological polar surface area (TPSA) is 108 Å². The molecule has 3 heterocycles. The van der Waals surface area contributed by atoms with Crippen LogP contribution in [-0.4, -0.2) is 57.5 Å². The lowest BCUT2D eigenvalue weighted by atomic mass is 9.99. The van der Waals surface area contributed by atoms with Crippen LogP contribution >= 0.6 is 0 Å². The van der Waals surface area contributed by atoms with Crippen LogP contribution in [0.3, 0.4) is 0 Å². The number of alkyl halides is 3. The van der Waals surface area contributed by atoms with Gasteiger partial charge in [-0.1, -0.05) is 0 Å². The smallest absolute Gasteiger partial charge is 0.419 e. The maximum atomic E-state index is 13.3. The zero-order chi connectivity index (χ0) is 22.1. The molecule has 12 heteroatoms. The SMILES string of the molecule is N#Cc1coc(OC2(C(=O)N3CCN(c4ncc(C(F)(F)F)cn4)CC3)CCCC2)n1. The van der Waals surface area contributed by atoms with E-state index in [2.05, 4.69) is 15.0 Å². The van der Waals surface area contributed by atoms with Gasteiger partial charge in [0, 0.05) is 38.6 Å². The summed E-state index contributed by atoms with van der Waals surface area (Å²) in [5, 5.41) is 8.89. The summed E-state index contributed by atoms with van der Waals surface area (Å²) in [6, 6.07) is 1.85. The number of ether oxygens (including phenoxy) is 1. The van der Waals surface area contributed by atoms with E-state index in [4.69, 9.17) is 14.4 Å². The first-order chi connectivity index (χ1) is 14.8. The number of nitrogens with zero attached hydrogens (tertiary/aromatic N) is 6. The zero-order valence-electron chi connectivity index (χ0n) is 16.4. The Hall–Kier alpha value is -3.36. The molecule has 9 nitrogen and oxygen atoms in total. The number of nitriles is 1. The lowest BCUT2D eigenvalue weighted by Gasteiger charge is -2.39. The third-order valence-corrected chi connectivity index (χ3v) is 5.50. The average molecular weight is 436 g/mol. The van der Waals surface area contributed by atoms with E-state index >= 15 is 0 Å². The molecule has 1 aliphatic heterocycles. The largest absolute Gasteiger partial charge is 0.433 e. The summed E-state index contributed by atoms with van der Waals surface area (Å²) in [6.45, 7) is 1.46. The molecular weight excluding hydrogens is 417 g/mol. The first kappa shape index (κ1) is 20.9. The van der Waals surface area contributed by atoms with E-state index in [-0.39, 0.29) is 23.6 Å². The summed E-state index contributed by atoms with van der Waals surface area (Å²) in [4.78, 5) is 28.2. The Morgan fingerprint density at radius 1 is 1.16 bits per heavy atom. The molecule has 0 N–H and O–H groups in total. The van der Waals surface area contributed by atoms with Crippen molar-refractivity contribution in [3.05, 3.63) is 29.9 Å². The van der Waals surface area contributed by atoms with Gasteiger partial charge in [0.2, 0.25) is 5.95 Å². The molecule has 1 saturated heterocycles. The molecule has 1 aliphatic carbocycles. The van der Waals surface area contributed by atoms with Crippen LogP contribution in [0, 0.1) is 11.3 Å². The number of hydrogen-bond donors (Lipinski definition) is 0. The van der Waals surface area contributed by atoms with Crippen molar-refractivity contribution >= 4 is 11.9 Å². The highest BCUT2D eigenvalue weighted by Crippen LogP contribution is 2.36. The number of carbonyl (C=O) groups is 1. The van der Waals surface area contributed by atoms with Crippen LogP contribution in [0.2, 0.25) is 0 Å². The Balaban J connectivity index is 1.41. The van der Waals surface area contributed by atoms with Crippen molar-refractivity contribution in [2.24, 2.45) is 0 Å². The second kappa shape index (κ2) is 8.05. The number of rotatable bonds is 4. The number of anilines is 1. The molecule has 0 bridgehead atoms. The Morgan fingerprint density at radius 2 is 1.81 bits per heavy atom. The van der Waals surface area contributed by atoms with Crippen molar-refractivity contribution in [3.8, 4) is 12.1 Å². The fraction of sp³-hybridized carbons (Fsp3) is 0.526. The Bertz CT molecular complexity index is 971. The molecule has 0 radical (unpaired) electrons. The third kappa shape index (κ3) is 4.26. The Kier molecular flexibility index (Phi) is 5.43. The summed E-state index contributed by atoms with van der Waals surface area (Å²) < 4.78 is 49.1. The van der Waals surface area contributed by atoms with Gasteiger partial charge in [-0.25, -0.2) is 9.97 Å². The minimum atomic E-state index is -4.49. The van der Waals surface area contributed by atoms with E-state index in [1.54, 1.807) is 9.80 Å². The number of hydrogen-bond acceptors (Lipinski definition) is 8. The van der Waals surface area contributed by atoms with Crippen LogP contribution in [0.4, 0.5) is 19.1 Å². The summed E-state index contributed by atoms with van der Waals surface area (Å²) in [7, 11) is 0. The molecule has 31 heavy (non-hydrogen) atoms. The number of halogens is 3. The van der Waals surface area contributed by atoms with Crippen molar-refractivity contribution in [1.29, 1.82) is 5.26 Å². The van der Waals surface area contributed by atoms with Crippen LogP contribution in [-0.2, 0) is 11.0 Å². The van der Waals surface area contributed by atoms with E-state index < -0.39 is 17.3 Å². The van der Waals surface area contributed by atoms with Gasteiger partial charge in [0.25, 0.3) is 5.91 Å². The number of aromatic nitrogens is 3. The minimum absolute atomic E-state index is 0.0701. The summed E-state index contributed by atoms with van der Waals surface area (Å²) in [5.74, 6) is 0.00504. The number of oxazole rings is 1. The predicted molar refractivity (Wildman–Crippen MR) is 98.9 cm³/mol. The van der Waals surface area contributed by atoms with Gasteiger partial charge >= 0.3 is 12.3 Å². The summed E-state index contributed by atoms with van der Waals surface area (Å²) >= 11 is 0. The second-order valence-electron chi connectivity index (χ2n) is 7.46. The van der Waals surface area contributed by atoms with Gasteiger partial charge < -0.3 is 19.0 Å². The van der Waals surface area contributed by atoms with Gasteiger partial charge in [0.05, 0.1) is 5.56 Å². The highest BCUT2D eigenvalue weighted by atomic mass is 19.4. The molecule has 2 aliphatic rings. The molecule has 2 aromatic rings. The van der Waals surface area contributed by atoms with E-state index in [9.17, 15) is 18.0 Å². The van der Waals surface area contributed by atoms with Crippen molar-refractivity contribution < 1.29 is 27.1 Å². The summed E-state index contributed by atoms with van der Waals surface area (Å²) in [6.07, 6.45) is 0.745. The second-order valence-corrected chi connectivity index (χ2v) is 7.46. The lowest BCUT2D eigenvalue weighted by Crippen LogP contribution is -2.57. The highest BCUT2D eigenvalue weighted by molar-refractivity contribution is 5.86. The minimum Gasteiger partial charge on any atom is -0.433 e. The predicted octanol–water partition coefficient (Wildman–Crippen LogP) is 2.40. The number of carbonyl (C=O) groups excluding carboxylic acids is 1. The van der Waals surface area contributed by atoms with E-state index in [1.807, 2.05) is 6.07 Å². The monoisotopic (exact) mass is 436 g/mol. The highest BCUT2D eigenvalue weighted by Gasteiger charge is 2.47. The molecule has 0 unspecified atom stereocenters. The molecular formula is C19H19F3N6O3. The lowest BCUT2D eigenvalue weighted by molar-refractivity contribution is -0.149. The van der Waals surface area contributed by atoms with Crippen molar-refractivity contribution in [2.75, 3.05) is 31.1 Å². The Morgan fingerprint density at radius 3 is 2.35 bits per heavy atom. The maximum Gasteiger partial charge on any atom is 0.419 e. The van der Waals surface area contributed by atoms with Crippen molar-refractivity contribution in [2.45, 2.75) is 37.5 Å². The van der Waals surface area contributed by atoms with Gasteiger partial charge in [-0.15, -0.1) is 0 Å². The van der Waals surface area contributed by atoms with Crippen LogP contribution in [0.5, 0.6) is 6.08 Å². The van der Waals surface area contributed by atoms with Gasteiger partial charge in [-0.05, 0) is 25.7 Å². The number of amides is 1. The van der Waals surface area contributed by atoms with E-state index in [0.29, 0.717) is 39.0 Å². The first-order valence-corrected chi connectivity index (χ1v) is 9.79. The molecule has 2 fully saturated rings. The first-order valence-electron chi connectivity index (χ1n) is 9.79. The van der Waals surface area contributed by atoms with Crippen molar-refractivity contribution in [3.63, 3.8) is 0 Å². The molecule has 4 rings (SSSR count). The van der Waals surface area contributed by atoms with Crippen LogP contribution in [0.25, 0.3) is 0 Å². The number of piperazine rings is 1. The quantitative estimate of drug-likeness (QED) is 0.719. The van der Waals surface area contributed by atoms with Gasteiger partial charge in [-0.3, -0.25) is 4.79 Å². The zero-order valence-corrected chi connectivity index (χ0v) is 16.4. The average Bonchev–Trinajstić information content (AvgIpc) is 3.43. The molecule has 2 aromatic heterocycles. The fourth-order valence-electron chi connectivity index (χ4n) is 3.86. The third-order valence-electron chi connectivity index (χ3n) is 5.50. The molecule has 1 amide bonds. The fourth-order valence-corrected chi connectivity index (χ4v) is 3.86. The van der Waals surface area contributed by atoms with Gasteiger partial charge in [0.1, 0.15) is 12.3 Å². The molecule has 0 spiro atoms. The van der Waals surface area contributed by atoms with Crippen LogP contribution < -0.4 is 9.64 Å². The normalized spacial score (nSPS) is 18.6. The van der Waals surface area contributed by atoms with Crippen molar-refractivity contribution in [1.82, 2.24) is 19.9 Å². The molecule has 0 atom stereocenters. The van der Waals surface area contributed by atoms with Gasteiger partial charge in [0.15, 0.2) is 11.3 Å². The van der Waals surface area contributed by atoms with E-state index in [1.165, 1.54) is 6.26 Å². The molecule has 164 valence electrons. The van der Waals surface area contributed by atoms with Crippen LogP contribution in [0.15, 0.2) is 23.1 Å². The Labute approximate surface area is 175 Å². The molecule has 1 saturated carbocycles. The van der Waals surface area contributed by atoms with Gasteiger partial charge in [-0.2, -0.15) is 23.4 Å².